The van der Waals surface area contributed by atoms with Gasteiger partial charge in [0, 0.05) is 0 Å². The first-order valence-electron chi connectivity index (χ1n) is 6.95. The lowest BCUT2D eigenvalue weighted by Gasteiger charge is -2.20. The van der Waals surface area contributed by atoms with Gasteiger partial charge in [-0.25, -0.2) is 4.79 Å². The van der Waals surface area contributed by atoms with Gasteiger partial charge < -0.3 is 9.73 Å². The fourth-order valence-corrected chi connectivity index (χ4v) is 2.71. The monoisotopic (exact) mass is 282 g/mol. The Kier molecular flexibility index (Phi) is 3.39. The smallest absolute Gasteiger partial charge is 0.408 e. The van der Waals surface area contributed by atoms with Gasteiger partial charge in [0.2, 0.25) is 0 Å². The summed E-state index contributed by atoms with van der Waals surface area (Å²) in [5, 5.41) is 3.34. The number of oxazole rings is 1. The molecule has 1 atom stereocenters. The molecule has 0 aliphatic heterocycles. The summed E-state index contributed by atoms with van der Waals surface area (Å²) in [4.78, 5) is 13.9. The second kappa shape index (κ2) is 5.22. The average molecular weight is 282 g/mol. The molecule has 0 saturated heterocycles. The molecule has 0 fully saturated rings. The molecule has 4 heteroatoms. The Balaban J connectivity index is 2.12. The first-order chi connectivity index (χ1) is 10.1. The van der Waals surface area contributed by atoms with Crippen molar-refractivity contribution in [2.75, 3.05) is 7.05 Å². The molecule has 108 valence electrons. The van der Waals surface area contributed by atoms with E-state index in [4.69, 9.17) is 4.42 Å². The van der Waals surface area contributed by atoms with Crippen LogP contribution in [-0.2, 0) is 0 Å². The Hall–Kier alpha value is -2.33. The summed E-state index contributed by atoms with van der Waals surface area (Å²) in [6.07, 6.45) is 0. The van der Waals surface area contributed by atoms with Gasteiger partial charge in [-0.15, -0.1) is 0 Å². The van der Waals surface area contributed by atoms with Crippen molar-refractivity contribution >= 4 is 11.1 Å². The van der Waals surface area contributed by atoms with Crippen molar-refractivity contribution in [3.8, 4) is 0 Å². The first kappa shape index (κ1) is 13.6. The zero-order chi connectivity index (χ0) is 15.0. The second-order valence-electron chi connectivity index (χ2n) is 5.35. The zero-order valence-electron chi connectivity index (χ0n) is 12.4. The summed E-state index contributed by atoms with van der Waals surface area (Å²) >= 11 is 0. The maximum Gasteiger partial charge on any atom is 0.417 e. The van der Waals surface area contributed by atoms with Gasteiger partial charge in [-0.1, -0.05) is 29.8 Å². The van der Waals surface area contributed by atoms with E-state index in [0.717, 1.165) is 11.1 Å². The quantitative estimate of drug-likeness (QED) is 0.776. The van der Waals surface area contributed by atoms with Crippen LogP contribution in [0.3, 0.4) is 0 Å². The Labute approximate surface area is 122 Å². The van der Waals surface area contributed by atoms with E-state index in [9.17, 15) is 4.79 Å². The van der Waals surface area contributed by atoms with E-state index >= 15 is 0 Å². The number of nitrogens with one attached hydrogen (secondary N) is 2. The van der Waals surface area contributed by atoms with E-state index in [1.165, 1.54) is 16.7 Å². The number of hydrogen-bond acceptors (Lipinski definition) is 3. The molecule has 1 heterocycles. The Bertz CT molecular complexity index is 845. The standard InChI is InChI=1S/C17H18N2O2/c1-10-4-5-11(2)13(8-10)16(18-3)12-6-7-14-15(9-12)21-17(20)19-14/h4-9,16,18H,1-3H3,(H,19,20). The van der Waals surface area contributed by atoms with Crippen LogP contribution >= 0.6 is 0 Å². The molecule has 21 heavy (non-hydrogen) atoms. The molecule has 0 aliphatic rings. The van der Waals surface area contributed by atoms with Crippen molar-refractivity contribution in [3.05, 3.63) is 69.2 Å². The van der Waals surface area contributed by atoms with Crippen LogP contribution in [0.5, 0.6) is 0 Å². The van der Waals surface area contributed by atoms with Gasteiger partial charge in [0.15, 0.2) is 5.58 Å². The number of aromatic amines is 1. The lowest BCUT2D eigenvalue weighted by Crippen LogP contribution is -2.18. The van der Waals surface area contributed by atoms with Crippen molar-refractivity contribution in [1.82, 2.24) is 10.3 Å². The van der Waals surface area contributed by atoms with Crippen LogP contribution in [0.25, 0.3) is 11.1 Å². The number of benzene rings is 2. The molecule has 4 nitrogen and oxygen atoms in total. The number of fused-ring (bicyclic) bond motifs is 1. The molecular weight excluding hydrogens is 264 g/mol. The normalized spacial score (nSPS) is 12.7. The largest absolute Gasteiger partial charge is 0.417 e. The molecule has 2 aromatic carbocycles. The lowest BCUT2D eigenvalue weighted by molar-refractivity contribution is 0.554. The Morgan fingerprint density at radius 2 is 1.95 bits per heavy atom. The molecule has 0 amide bonds. The summed E-state index contributed by atoms with van der Waals surface area (Å²) in [5.74, 6) is -0.421. The van der Waals surface area contributed by atoms with E-state index in [1.807, 2.05) is 25.2 Å². The van der Waals surface area contributed by atoms with Gasteiger partial charge in [-0.05, 0) is 49.7 Å². The predicted octanol–water partition coefficient (Wildman–Crippen LogP) is 3.05. The number of aromatic nitrogens is 1. The number of aryl methyl sites for hydroxylation is 2. The molecule has 2 N–H and O–H groups in total. The van der Waals surface area contributed by atoms with Gasteiger partial charge in [0.25, 0.3) is 0 Å². The molecule has 0 spiro atoms. The fraction of sp³-hybridized carbons (Fsp3) is 0.235. The van der Waals surface area contributed by atoms with Crippen molar-refractivity contribution in [1.29, 1.82) is 0 Å². The van der Waals surface area contributed by atoms with E-state index in [0.29, 0.717) is 5.58 Å². The van der Waals surface area contributed by atoms with Crippen LogP contribution < -0.4 is 11.1 Å². The molecular formula is C17H18N2O2. The third-order valence-electron chi connectivity index (χ3n) is 3.81. The predicted molar refractivity (Wildman–Crippen MR) is 83.7 cm³/mol. The third-order valence-corrected chi connectivity index (χ3v) is 3.81. The Morgan fingerprint density at radius 1 is 1.14 bits per heavy atom. The highest BCUT2D eigenvalue weighted by molar-refractivity contribution is 5.73. The lowest BCUT2D eigenvalue weighted by atomic mass is 9.93. The van der Waals surface area contributed by atoms with Crippen molar-refractivity contribution < 1.29 is 4.42 Å². The SMILES string of the molecule is CNC(c1ccc2[nH]c(=O)oc2c1)c1cc(C)ccc1C. The second-order valence-corrected chi connectivity index (χ2v) is 5.35. The van der Waals surface area contributed by atoms with Crippen molar-refractivity contribution in [2.24, 2.45) is 0 Å². The van der Waals surface area contributed by atoms with Crippen LogP contribution in [0.15, 0.2) is 45.6 Å². The van der Waals surface area contributed by atoms with E-state index < -0.39 is 5.76 Å². The van der Waals surface area contributed by atoms with Gasteiger partial charge >= 0.3 is 5.76 Å². The van der Waals surface area contributed by atoms with Crippen LogP contribution in [-0.4, -0.2) is 12.0 Å². The highest BCUT2D eigenvalue weighted by Crippen LogP contribution is 2.27. The number of H-pyrrole nitrogens is 1. The van der Waals surface area contributed by atoms with Crippen LogP contribution in [0.2, 0.25) is 0 Å². The van der Waals surface area contributed by atoms with Gasteiger partial charge in [0.1, 0.15) is 0 Å². The summed E-state index contributed by atoms with van der Waals surface area (Å²) in [6, 6.07) is 12.3. The maximum atomic E-state index is 11.3. The highest BCUT2D eigenvalue weighted by Gasteiger charge is 2.15. The number of rotatable bonds is 3. The molecule has 0 aliphatic carbocycles. The molecule has 0 bridgehead atoms. The fourth-order valence-electron chi connectivity index (χ4n) is 2.71. The van der Waals surface area contributed by atoms with Crippen molar-refractivity contribution in [2.45, 2.75) is 19.9 Å². The Morgan fingerprint density at radius 3 is 2.71 bits per heavy atom. The van der Waals surface area contributed by atoms with Gasteiger partial charge in [-0.2, -0.15) is 0 Å². The molecule has 1 unspecified atom stereocenters. The summed E-state index contributed by atoms with van der Waals surface area (Å²) in [7, 11) is 1.93. The van der Waals surface area contributed by atoms with Gasteiger partial charge in [-0.3, -0.25) is 4.98 Å². The van der Waals surface area contributed by atoms with Gasteiger partial charge in [0.05, 0.1) is 11.6 Å². The minimum absolute atomic E-state index is 0.0644. The molecule has 3 rings (SSSR count). The zero-order valence-corrected chi connectivity index (χ0v) is 12.4. The molecule has 1 aromatic heterocycles. The summed E-state index contributed by atoms with van der Waals surface area (Å²) in [5.41, 5.74) is 6.07. The molecule has 3 aromatic rings. The van der Waals surface area contributed by atoms with E-state index in [2.05, 4.69) is 42.3 Å². The number of hydrogen-bond donors (Lipinski definition) is 2. The van der Waals surface area contributed by atoms with Crippen LogP contribution in [0.4, 0.5) is 0 Å². The first-order valence-corrected chi connectivity index (χ1v) is 6.95. The average Bonchev–Trinajstić information content (AvgIpc) is 2.83. The third kappa shape index (κ3) is 2.50. The molecule has 0 saturated carbocycles. The van der Waals surface area contributed by atoms with E-state index in [1.54, 1.807) is 0 Å². The topological polar surface area (TPSA) is 58.0 Å². The van der Waals surface area contributed by atoms with Crippen molar-refractivity contribution in [3.63, 3.8) is 0 Å². The van der Waals surface area contributed by atoms with E-state index in [-0.39, 0.29) is 6.04 Å². The van der Waals surface area contributed by atoms with Crippen LogP contribution in [0.1, 0.15) is 28.3 Å². The summed E-state index contributed by atoms with van der Waals surface area (Å²) in [6.45, 7) is 4.19. The van der Waals surface area contributed by atoms with Crippen LogP contribution in [0, 0.1) is 13.8 Å². The highest BCUT2D eigenvalue weighted by atomic mass is 16.4. The minimum atomic E-state index is -0.421. The summed E-state index contributed by atoms with van der Waals surface area (Å²) < 4.78 is 5.15. The minimum Gasteiger partial charge on any atom is -0.408 e. The molecule has 0 radical (unpaired) electrons. The maximum absolute atomic E-state index is 11.3.